The van der Waals surface area contributed by atoms with E-state index in [1.807, 2.05) is 51.1 Å². The zero-order valence-electron chi connectivity index (χ0n) is 17.4. The molecule has 3 rings (SSSR count). The molecule has 1 aliphatic rings. The number of sulfonamides is 1. The minimum atomic E-state index is -3.66. The number of carbonyl (C=O) groups excluding carboxylic acids is 1. The fraction of sp³-hybridized carbons (Fsp3) is 0.364. The molecule has 0 radical (unpaired) electrons. The summed E-state index contributed by atoms with van der Waals surface area (Å²) in [7, 11) is -3.66. The van der Waals surface area contributed by atoms with E-state index in [1.54, 1.807) is 18.2 Å². The highest BCUT2D eigenvalue weighted by Gasteiger charge is 2.30. The van der Waals surface area contributed by atoms with E-state index in [0.29, 0.717) is 17.2 Å². The molecular formula is C22H27N3O3S2. The van der Waals surface area contributed by atoms with Crippen LogP contribution in [-0.2, 0) is 21.4 Å². The molecule has 160 valence electrons. The number of amides is 1. The third-order valence-corrected chi connectivity index (χ3v) is 6.58. The molecule has 3 N–H and O–H groups in total. The van der Waals surface area contributed by atoms with Crippen molar-refractivity contribution in [3.63, 3.8) is 0 Å². The molecule has 6 nitrogen and oxygen atoms in total. The van der Waals surface area contributed by atoms with Crippen LogP contribution in [0, 0.1) is 5.92 Å². The van der Waals surface area contributed by atoms with Crippen LogP contribution in [-0.4, -0.2) is 25.0 Å². The van der Waals surface area contributed by atoms with E-state index in [4.69, 9.17) is 12.2 Å². The van der Waals surface area contributed by atoms with Crippen molar-refractivity contribution in [2.45, 2.75) is 50.6 Å². The Morgan fingerprint density at radius 1 is 1.07 bits per heavy atom. The highest BCUT2D eigenvalue weighted by molar-refractivity contribution is 7.89. The third kappa shape index (κ3) is 6.10. The molecule has 0 spiro atoms. The largest absolute Gasteiger partial charge is 0.358 e. The highest BCUT2D eigenvalue weighted by Crippen LogP contribution is 2.29. The second-order valence-electron chi connectivity index (χ2n) is 8.49. The maximum absolute atomic E-state index is 12.9. The smallest absolute Gasteiger partial charge is 0.241 e. The molecule has 1 aliphatic carbocycles. The van der Waals surface area contributed by atoms with Crippen LogP contribution in [0.1, 0.15) is 39.2 Å². The van der Waals surface area contributed by atoms with Gasteiger partial charge in [-0.05, 0) is 63.0 Å². The van der Waals surface area contributed by atoms with E-state index in [-0.39, 0.29) is 16.7 Å². The van der Waals surface area contributed by atoms with Crippen molar-refractivity contribution in [3.8, 4) is 11.1 Å². The Morgan fingerprint density at radius 3 is 2.30 bits per heavy atom. The van der Waals surface area contributed by atoms with Gasteiger partial charge in [-0.15, -0.1) is 0 Å². The van der Waals surface area contributed by atoms with Crippen LogP contribution in [0.3, 0.4) is 0 Å². The number of hydrogen-bond acceptors (Lipinski definition) is 4. The zero-order valence-corrected chi connectivity index (χ0v) is 19.0. The minimum Gasteiger partial charge on any atom is -0.358 e. The van der Waals surface area contributed by atoms with Crippen LogP contribution >= 0.6 is 12.2 Å². The quantitative estimate of drug-likeness (QED) is 0.594. The van der Waals surface area contributed by atoms with Crippen molar-refractivity contribution in [2.75, 3.05) is 0 Å². The molecule has 0 atom stereocenters. The van der Waals surface area contributed by atoms with E-state index < -0.39 is 15.6 Å². The standard InChI is InChI=1S/C22H27N3O3S2/c1-22(2,3)25-30(27,28)19-7-5-4-6-18(19)16-10-8-15(9-11-16)14-23-21(29)24-20(26)17-12-13-17/h4-11,17,25H,12-14H2,1-3H3,(H2,23,24,26,29). The Hall–Kier alpha value is -2.29. The van der Waals surface area contributed by atoms with Crippen molar-refractivity contribution in [1.29, 1.82) is 0 Å². The first-order valence-corrected chi connectivity index (χ1v) is 11.8. The lowest BCUT2D eigenvalue weighted by molar-refractivity contribution is -0.120. The summed E-state index contributed by atoms with van der Waals surface area (Å²) in [6.07, 6.45) is 1.86. The van der Waals surface area contributed by atoms with Crippen LogP contribution < -0.4 is 15.4 Å². The number of hydrogen-bond donors (Lipinski definition) is 3. The van der Waals surface area contributed by atoms with Crippen LogP contribution in [0.4, 0.5) is 0 Å². The second-order valence-corrected chi connectivity index (χ2v) is 10.6. The van der Waals surface area contributed by atoms with Crippen LogP contribution in [0.5, 0.6) is 0 Å². The topological polar surface area (TPSA) is 87.3 Å². The summed E-state index contributed by atoms with van der Waals surface area (Å²) in [6.45, 7) is 5.90. The molecule has 30 heavy (non-hydrogen) atoms. The molecular weight excluding hydrogens is 418 g/mol. The summed E-state index contributed by atoms with van der Waals surface area (Å²) < 4.78 is 28.4. The van der Waals surface area contributed by atoms with Gasteiger partial charge in [0.15, 0.2) is 5.11 Å². The second kappa shape index (κ2) is 8.83. The molecule has 0 aliphatic heterocycles. The number of nitrogens with one attached hydrogen (secondary N) is 3. The summed E-state index contributed by atoms with van der Waals surface area (Å²) in [6, 6.07) is 14.5. The fourth-order valence-corrected chi connectivity index (χ4v) is 4.81. The van der Waals surface area contributed by atoms with E-state index in [9.17, 15) is 13.2 Å². The van der Waals surface area contributed by atoms with Crippen molar-refractivity contribution in [1.82, 2.24) is 15.4 Å². The van der Waals surface area contributed by atoms with Crippen LogP contribution in [0.2, 0.25) is 0 Å². The van der Waals surface area contributed by atoms with Gasteiger partial charge in [-0.3, -0.25) is 4.79 Å². The van der Waals surface area contributed by atoms with Gasteiger partial charge < -0.3 is 10.6 Å². The van der Waals surface area contributed by atoms with Gasteiger partial charge in [-0.25, -0.2) is 13.1 Å². The fourth-order valence-electron chi connectivity index (χ4n) is 2.99. The van der Waals surface area contributed by atoms with Gasteiger partial charge in [0.2, 0.25) is 15.9 Å². The summed E-state index contributed by atoms with van der Waals surface area (Å²) >= 11 is 5.16. The van der Waals surface area contributed by atoms with Gasteiger partial charge in [-0.1, -0.05) is 42.5 Å². The summed E-state index contributed by atoms with van der Waals surface area (Å²) in [5, 5.41) is 6.05. The molecule has 0 saturated heterocycles. The lowest BCUT2D eigenvalue weighted by atomic mass is 10.0. The van der Waals surface area contributed by atoms with Gasteiger partial charge in [0.1, 0.15) is 0 Å². The van der Waals surface area contributed by atoms with Gasteiger partial charge in [0.25, 0.3) is 0 Å². The minimum absolute atomic E-state index is 0.0236. The number of benzene rings is 2. The molecule has 0 heterocycles. The normalized spacial score (nSPS) is 14.2. The SMILES string of the molecule is CC(C)(C)NS(=O)(=O)c1ccccc1-c1ccc(CNC(=S)NC(=O)C2CC2)cc1. The van der Waals surface area contributed by atoms with E-state index in [2.05, 4.69) is 15.4 Å². The molecule has 1 saturated carbocycles. The lowest BCUT2D eigenvalue weighted by Gasteiger charge is -2.21. The Kier molecular flexibility index (Phi) is 6.59. The summed E-state index contributed by atoms with van der Waals surface area (Å²) in [5.74, 6) is 0.0812. The van der Waals surface area contributed by atoms with Gasteiger partial charge >= 0.3 is 0 Å². The maximum atomic E-state index is 12.9. The first-order chi connectivity index (χ1) is 14.0. The Morgan fingerprint density at radius 2 is 1.70 bits per heavy atom. The summed E-state index contributed by atoms with van der Waals surface area (Å²) in [5.41, 5.74) is 1.84. The third-order valence-electron chi connectivity index (χ3n) is 4.52. The molecule has 0 bridgehead atoms. The Labute approximate surface area is 183 Å². The van der Waals surface area contributed by atoms with Crippen molar-refractivity contribution < 1.29 is 13.2 Å². The predicted octanol–water partition coefficient (Wildman–Crippen LogP) is 3.33. The Balaban J connectivity index is 1.70. The first-order valence-electron chi connectivity index (χ1n) is 9.86. The Bertz CT molecular complexity index is 1040. The molecule has 2 aromatic rings. The van der Waals surface area contributed by atoms with Crippen molar-refractivity contribution in [2.24, 2.45) is 5.92 Å². The zero-order chi connectivity index (χ0) is 21.9. The number of rotatable bonds is 6. The highest BCUT2D eigenvalue weighted by atomic mass is 32.2. The maximum Gasteiger partial charge on any atom is 0.241 e. The number of thiocarbonyl (C=S) groups is 1. The molecule has 0 unspecified atom stereocenters. The summed E-state index contributed by atoms with van der Waals surface area (Å²) in [4.78, 5) is 12.0. The average Bonchev–Trinajstić information content (AvgIpc) is 3.50. The van der Waals surface area contributed by atoms with Gasteiger partial charge in [0, 0.05) is 23.6 Å². The van der Waals surface area contributed by atoms with Crippen LogP contribution in [0.25, 0.3) is 11.1 Å². The molecule has 2 aromatic carbocycles. The van der Waals surface area contributed by atoms with Gasteiger partial charge in [-0.2, -0.15) is 0 Å². The molecule has 1 fully saturated rings. The van der Waals surface area contributed by atoms with Crippen LogP contribution in [0.15, 0.2) is 53.4 Å². The molecule has 0 aromatic heterocycles. The molecule has 8 heteroatoms. The van der Waals surface area contributed by atoms with Crippen molar-refractivity contribution >= 4 is 33.3 Å². The predicted molar refractivity (Wildman–Crippen MR) is 122 cm³/mol. The van der Waals surface area contributed by atoms with Crippen molar-refractivity contribution in [3.05, 3.63) is 54.1 Å². The van der Waals surface area contributed by atoms with E-state index in [0.717, 1.165) is 24.0 Å². The van der Waals surface area contributed by atoms with Gasteiger partial charge in [0.05, 0.1) is 4.90 Å². The lowest BCUT2D eigenvalue weighted by Crippen LogP contribution is -2.40. The monoisotopic (exact) mass is 445 g/mol. The first kappa shape index (κ1) is 22.4. The average molecular weight is 446 g/mol. The van der Waals surface area contributed by atoms with E-state index in [1.165, 1.54) is 0 Å². The molecule has 1 amide bonds. The van der Waals surface area contributed by atoms with E-state index >= 15 is 0 Å². The number of carbonyl (C=O) groups is 1.